The minimum atomic E-state index is 0.0633. The summed E-state index contributed by atoms with van der Waals surface area (Å²) in [6.07, 6.45) is 0. The fraction of sp³-hybridized carbons (Fsp3) is 0.571. The van der Waals surface area contributed by atoms with Gasteiger partial charge in [0.1, 0.15) is 5.75 Å². The van der Waals surface area contributed by atoms with Gasteiger partial charge in [0.05, 0.1) is 7.11 Å². The van der Waals surface area contributed by atoms with Gasteiger partial charge in [-0.3, -0.25) is 0 Å². The summed E-state index contributed by atoms with van der Waals surface area (Å²) in [6.45, 7) is 5.36. The van der Waals surface area contributed by atoms with Gasteiger partial charge >= 0.3 is 0 Å². The van der Waals surface area contributed by atoms with Crippen molar-refractivity contribution in [3.05, 3.63) is 29.8 Å². The van der Waals surface area contributed by atoms with E-state index < -0.39 is 0 Å². The minimum Gasteiger partial charge on any atom is -0.497 e. The summed E-state index contributed by atoms with van der Waals surface area (Å²) >= 11 is 0. The molecule has 1 aromatic rings. The van der Waals surface area contributed by atoms with E-state index in [1.807, 2.05) is 19.2 Å². The molecule has 3 heteroatoms. The Kier molecular flexibility index (Phi) is 5.45. The van der Waals surface area contributed by atoms with E-state index in [1.165, 1.54) is 5.56 Å². The van der Waals surface area contributed by atoms with Gasteiger partial charge in [-0.2, -0.15) is 0 Å². The van der Waals surface area contributed by atoms with E-state index in [0.717, 1.165) is 12.3 Å². The van der Waals surface area contributed by atoms with Gasteiger partial charge in [0.15, 0.2) is 0 Å². The van der Waals surface area contributed by atoms with Gasteiger partial charge in [-0.05, 0) is 43.1 Å². The highest BCUT2D eigenvalue weighted by atomic mass is 16.5. The zero-order valence-corrected chi connectivity index (χ0v) is 11.2. The number of nitrogens with two attached hydrogens (primary N) is 1. The molecule has 0 fully saturated rings. The summed E-state index contributed by atoms with van der Waals surface area (Å²) in [6, 6.07) is 8.09. The smallest absolute Gasteiger partial charge is 0.118 e. The second-order valence-corrected chi connectivity index (χ2v) is 4.76. The maximum atomic E-state index is 6.34. The van der Waals surface area contributed by atoms with Crippen LogP contribution in [-0.4, -0.2) is 20.7 Å². The Hall–Kier alpha value is -1.06. The molecule has 0 aliphatic rings. The molecule has 3 nitrogen and oxygen atoms in total. The number of methoxy groups -OCH3 is 1. The minimum absolute atomic E-state index is 0.0633. The lowest BCUT2D eigenvalue weighted by Gasteiger charge is -2.27. The van der Waals surface area contributed by atoms with Crippen LogP contribution in [0.25, 0.3) is 0 Å². The molecule has 0 saturated carbocycles. The molecule has 96 valence electrons. The SMILES string of the molecule is CNCC(C(C)C)C(N)c1ccc(OC)cc1. The average Bonchev–Trinajstić information content (AvgIpc) is 2.35. The molecule has 0 aromatic heterocycles. The second-order valence-electron chi connectivity index (χ2n) is 4.76. The predicted molar refractivity (Wildman–Crippen MR) is 72.2 cm³/mol. The molecule has 0 radical (unpaired) electrons. The summed E-state index contributed by atoms with van der Waals surface area (Å²) in [5.41, 5.74) is 7.50. The lowest BCUT2D eigenvalue weighted by atomic mass is 9.85. The molecule has 0 aliphatic carbocycles. The van der Waals surface area contributed by atoms with Crippen LogP contribution in [0.5, 0.6) is 5.75 Å². The van der Waals surface area contributed by atoms with Crippen LogP contribution in [0.2, 0.25) is 0 Å². The first-order valence-corrected chi connectivity index (χ1v) is 6.14. The fourth-order valence-electron chi connectivity index (χ4n) is 2.09. The van der Waals surface area contributed by atoms with Crippen molar-refractivity contribution in [3.63, 3.8) is 0 Å². The molecule has 1 aromatic carbocycles. The van der Waals surface area contributed by atoms with E-state index in [-0.39, 0.29) is 6.04 Å². The summed E-state index contributed by atoms with van der Waals surface area (Å²) in [5.74, 6) is 1.86. The molecule has 1 rings (SSSR count). The van der Waals surface area contributed by atoms with Crippen LogP contribution >= 0.6 is 0 Å². The number of hydrogen-bond acceptors (Lipinski definition) is 3. The van der Waals surface area contributed by atoms with E-state index in [9.17, 15) is 0 Å². The number of benzene rings is 1. The highest BCUT2D eigenvalue weighted by Crippen LogP contribution is 2.26. The van der Waals surface area contributed by atoms with Crippen molar-refractivity contribution in [1.29, 1.82) is 0 Å². The van der Waals surface area contributed by atoms with Gasteiger partial charge in [0, 0.05) is 6.04 Å². The highest BCUT2D eigenvalue weighted by molar-refractivity contribution is 5.29. The summed E-state index contributed by atoms with van der Waals surface area (Å²) in [5, 5.41) is 3.22. The quantitative estimate of drug-likeness (QED) is 0.796. The van der Waals surface area contributed by atoms with Gasteiger partial charge < -0.3 is 15.8 Å². The van der Waals surface area contributed by atoms with Crippen molar-refractivity contribution in [2.24, 2.45) is 17.6 Å². The van der Waals surface area contributed by atoms with Gasteiger partial charge in [-0.15, -0.1) is 0 Å². The van der Waals surface area contributed by atoms with E-state index >= 15 is 0 Å². The van der Waals surface area contributed by atoms with Crippen molar-refractivity contribution < 1.29 is 4.74 Å². The molecule has 2 unspecified atom stereocenters. The van der Waals surface area contributed by atoms with Gasteiger partial charge in [-0.1, -0.05) is 26.0 Å². The van der Waals surface area contributed by atoms with Crippen LogP contribution in [0.1, 0.15) is 25.5 Å². The molecule has 0 bridgehead atoms. The highest BCUT2D eigenvalue weighted by Gasteiger charge is 2.21. The van der Waals surface area contributed by atoms with E-state index in [2.05, 4.69) is 31.3 Å². The van der Waals surface area contributed by atoms with Crippen molar-refractivity contribution >= 4 is 0 Å². The molecule has 3 N–H and O–H groups in total. The van der Waals surface area contributed by atoms with E-state index in [1.54, 1.807) is 7.11 Å². The largest absolute Gasteiger partial charge is 0.497 e. The Balaban J connectivity index is 2.81. The number of hydrogen-bond donors (Lipinski definition) is 2. The molecular weight excluding hydrogens is 212 g/mol. The van der Waals surface area contributed by atoms with Gasteiger partial charge in [0.2, 0.25) is 0 Å². The molecule has 0 spiro atoms. The Morgan fingerprint density at radius 2 is 1.82 bits per heavy atom. The molecular formula is C14H24N2O. The van der Waals surface area contributed by atoms with Crippen LogP contribution in [0.3, 0.4) is 0 Å². The second kappa shape index (κ2) is 6.62. The molecule has 17 heavy (non-hydrogen) atoms. The molecule has 0 amide bonds. The van der Waals surface area contributed by atoms with Crippen LogP contribution in [0.4, 0.5) is 0 Å². The monoisotopic (exact) mass is 236 g/mol. The standard InChI is InChI=1S/C14H24N2O/c1-10(2)13(9-16-3)14(15)11-5-7-12(17-4)8-6-11/h5-8,10,13-14,16H,9,15H2,1-4H3. The van der Waals surface area contributed by atoms with Crippen molar-refractivity contribution in [3.8, 4) is 5.75 Å². The summed E-state index contributed by atoms with van der Waals surface area (Å²) in [4.78, 5) is 0. The van der Waals surface area contributed by atoms with Crippen LogP contribution in [-0.2, 0) is 0 Å². The molecule has 2 atom stereocenters. The first-order chi connectivity index (χ1) is 8.10. The van der Waals surface area contributed by atoms with E-state index in [0.29, 0.717) is 11.8 Å². The van der Waals surface area contributed by atoms with E-state index in [4.69, 9.17) is 10.5 Å². The third kappa shape index (κ3) is 3.72. The van der Waals surface area contributed by atoms with Crippen LogP contribution in [0.15, 0.2) is 24.3 Å². The van der Waals surface area contributed by atoms with Gasteiger partial charge in [0.25, 0.3) is 0 Å². The molecule has 0 saturated heterocycles. The topological polar surface area (TPSA) is 47.3 Å². The van der Waals surface area contributed by atoms with Crippen molar-refractivity contribution in [1.82, 2.24) is 5.32 Å². The third-order valence-corrected chi connectivity index (χ3v) is 3.26. The zero-order valence-electron chi connectivity index (χ0n) is 11.2. The third-order valence-electron chi connectivity index (χ3n) is 3.26. The molecule has 0 heterocycles. The lowest BCUT2D eigenvalue weighted by molar-refractivity contribution is 0.314. The average molecular weight is 236 g/mol. The van der Waals surface area contributed by atoms with Crippen molar-refractivity contribution in [2.45, 2.75) is 19.9 Å². The number of rotatable bonds is 6. The Labute approximate surface area is 104 Å². The first-order valence-electron chi connectivity index (χ1n) is 6.14. The van der Waals surface area contributed by atoms with Crippen molar-refractivity contribution in [2.75, 3.05) is 20.7 Å². The maximum absolute atomic E-state index is 6.34. The number of nitrogens with one attached hydrogen (secondary N) is 1. The predicted octanol–water partition coefficient (Wildman–Crippen LogP) is 2.19. The van der Waals surface area contributed by atoms with Gasteiger partial charge in [-0.25, -0.2) is 0 Å². The fourth-order valence-corrected chi connectivity index (χ4v) is 2.09. The van der Waals surface area contributed by atoms with Crippen LogP contribution in [0, 0.1) is 11.8 Å². The Bertz CT molecular complexity index is 321. The lowest BCUT2D eigenvalue weighted by Crippen LogP contribution is -2.33. The van der Waals surface area contributed by atoms with Crippen LogP contribution < -0.4 is 15.8 Å². The zero-order chi connectivity index (χ0) is 12.8. The number of ether oxygens (including phenoxy) is 1. The summed E-state index contributed by atoms with van der Waals surface area (Å²) in [7, 11) is 3.64. The Morgan fingerprint density at radius 3 is 2.24 bits per heavy atom. The normalized spacial score (nSPS) is 14.7. The maximum Gasteiger partial charge on any atom is 0.118 e. The Morgan fingerprint density at radius 1 is 1.24 bits per heavy atom. The molecule has 0 aliphatic heterocycles. The first kappa shape index (κ1) is 14.0. The summed E-state index contributed by atoms with van der Waals surface area (Å²) < 4.78 is 5.15.